The summed E-state index contributed by atoms with van der Waals surface area (Å²) >= 11 is 0. The Morgan fingerprint density at radius 3 is 2.85 bits per heavy atom. The highest BCUT2D eigenvalue weighted by molar-refractivity contribution is 6.10. The molecule has 4 aliphatic rings. The highest BCUT2D eigenvalue weighted by Gasteiger charge is 2.46. The molecule has 4 rings (SSSR count). The molecule has 20 heavy (non-hydrogen) atoms. The molecular formula is C14H18N4O2. The quantitative estimate of drug-likeness (QED) is 0.748. The van der Waals surface area contributed by atoms with Crippen LogP contribution in [-0.2, 0) is 9.59 Å². The number of hydrogen-bond donors (Lipinski definition) is 2. The molecule has 0 aromatic rings. The molecule has 0 aromatic heterocycles. The second kappa shape index (κ2) is 3.85. The standard InChI is InChI=1S/C14H18N4O2/c1-7-5-11-15-12-10(13(19)18(11)16-7)6-17(14(12)20)8(2)9-3-4-9/h5,7-9,15-16H,3-4,6H2,1-2H3/t7?,8-/m1/s1/i/hD. The van der Waals surface area contributed by atoms with Crippen LogP contribution in [0.1, 0.15) is 26.7 Å². The van der Waals surface area contributed by atoms with Crippen LogP contribution in [0.15, 0.2) is 23.2 Å². The van der Waals surface area contributed by atoms with Gasteiger partial charge in [0.2, 0.25) is 0 Å². The Morgan fingerprint density at radius 1 is 1.40 bits per heavy atom. The summed E-state index contributed by atoms with van der Waals surface area (Å²) in [4.78, 5) is 26.9. The second-order valence-corrected chi connectivity index (χ2v) is 6.01. The minimum atomic E-state index is -0.256. The van der Waals surface area contributed by atoms with Crippen molar-refractivity contribution in [3.63, 3.8) is 0 Å². The van der Waals surface area contributed by atoms with Gasteiger partial charge in [0.25, 0.3) is 11.8 Å². The second-order valence-electron chi connectivity index (χ2n) is 6.01. The molecule has 3 heterocycles. The molecule has 6 heteroatoms. The number of hydrazine groups is 1. The molecule has 0 saturated heterocycles. The summed E-state index contributed by atoms with van der Waals surface area (Å²) in [5.41, 5.74) is 2.03. The summed E-state index contributed by atoms with van der Waals surface area (Å²) in [5.74, 6) is 0.746. The predicted octanol–water partition coefficient (Wildman–Crippen LogP) is 0.0611. The molecular weight excluding hydrogens is 256 g/mol. The minimum absolute atomic E-state index is 0.0885. The maximum Gasteiger partial charge on any atom is 0.274 e. The Kier molecular flexibility index (Phi) is 2.10. The van der Waals surface area contributed by atoms with Crippen LogP contribution in [0.4, 0.5) is 0 Å². The normalized spacial score (nSPS) is 32.0. The zero-order chi connectivity index (χ0) is 14.9. The van der Waals surface area contributed by atoms with Crippen LogP contribution < -0.4 is 10.7 Å². The van der Waals surface area contributed by atoms with Gasteiger partial charge in [-0.05, 0) is 38.7 Å². The number of nitrogens with one attached hydrogen (secondary N) is 2. The lowest BCUT2D eigenvalue weighted by Gasteiger charge is -2.26. The summed E-state index contributed by atoms with van der Waals surface area (Å²) < 4.78 is 7.93. The van der Waals surface area contributed by atoms with Gasteiger partial charge in [-0.25, -0.2) is 10.4 Å². The van der Waals surface area contributed by atoms with Gasteiger partial charge >= 0.3 is 0 Å². The van der Waals surface area contributed by atoms with Crippen molar-refractivity contribution in [2.24, 2.45) is 5.92 Å². The largest absolute Gasteiger partial charge is 0.336 e. The van der Waals surface area contributed by atoms with E-state index in [-0.39, 0.29) is 23.9 Å². The number of amides is 2. The van der Waals surface area contributed by atoms with Crippen LogP contribution in [0.5, 0.6) is 0 Å². The molecule has 106 valence electrons. The number of rotatable bonds is 2. The Balaban J connectivity index is 1.65. The Hall–Kier alpha value is -1.82. The van der Waals surface area contributed by atoms with Crippen molar-refractivity contribution >= 4 is 11.8 Å². The van der Waals surface area contributed by atoms with Crippen molar-refractivity contribution in [3.8, 4) is 0 Å². The van der Waals surface area contributed by atoms with Gasteiger partial charge in [0.1, 0.15) is 12.9 Å². The summed E-state index contributed by atoms with van der Waals surface area (Å²) in [6.07, 6.45) is 4.10. The fourth-order valence-corrected chi connectivity index (χ4v) is 3.15. The lowest BCUT2D eigenvalue weighted by molar-refractivity contribution is -0.129. The molecule has 0 aromatic carbocycles. The SMILES string of the molecule is [2H]N1C(C)C=C2NC3=C(CN([C@H](C)C4CC4)C3=O)C(=O)N21. The molecule has 6 nitrogen and oxygen atoms in total. The van der Waals surface area contributed by atoms with Crippen LogP contribution in [0, 0.1) is 5.92 Å². The number of fused-ring (bicyclic) bond motifs is 1. The Bertz CT molecular complexity index is 610. The fourth-order valence-electron chi connectivity index (χ4n) is 3.15. The average molecular weight is 275 g/mol. The van der Waals surface area contributed by atoms with E-state index in [1.165, 1.54) is 5.01 Å². The highest BCUT2D eigenvalue weighted by atomic mass is 16.2. The minimum Gasteiger partial charge on any atom is -0.336 e. The van der Waals surface area contributed by atoms with Gasteiger partial charge in [-0.3, -0.25) is 9.59 Å². The van der Waals surface area contributed by atoms with E-state index in [1.807, 2.05) is 6.92 Å². The van der Waals surface area contributed by atoms with Crippen molar-refractivity contribution in [3.05, 3.63) is 23.2 Å². The van der Waals surface area contributed by atoms with E-state index in [0.717, 1.165) is 18.3 Å². The molecule has 1 saturated carbocycles. The Morgan fingerprint density at radius 2 is 2.15 bits per heavy atom. The van der Waals surface area contributed by atoms with Crippen LogP contribution in [0.25, 0.3) is 0 Å². The number of hydrogen-bond acceptors (Lipinski definition) is 4. The van der Waals surface area contributed by atoms with E-state index in [4.69, 9.17) is 1.41 Å². The molecule has 1 aliphatic carbocycles. The summed E-state index contributed by atoms with van der Waals surface area (Å²) in [5, 5.41) is 4.36. The van der Waals surface area contributed by atoms with Gasteiger partial charge in [-0.2, -0.15) is 0 Å². The van der Waals surface area contributed by atoms with E-state index in [9.17, 15) is 9.59 Å². The molecule has 0 radical (unpaired) electrons. The zero-order valence-corrected chi connectivity index (χ0v) is 11.6. The lowest BCUT2D eigenvalue weighted by Crippen LogP contribution is -2.48. The van der Waals surface area contributed by atoms with Gasteiger partial charge in [-0.1, -0.05) is 0 Å². The lowest BCUT2D eigenvalue weighted by atomic mass is 10.1. The first-order valence-electron chi connectivity index (χ1n) is 7.59. The topological polar surface area (TPSA) is 64.7 Å². The third kappa shape index (κ3) is 1.54. The van der Waals surface area contributed by atoms with Crippen LogP contribution in [0.2, 0.25) is 1.41 Å². The van der Waals surface area contributed by atoms with E-state index < -0.39 is 0 Å². The van der Waals surface area contributed by atoms with Gasteiger partial charge < -0.3 is 10.2 Å². The van der Waals surface area contributed by atoms with Gasteiger partial charge in [-0.15, -0.1) is 0 Å². The van der Waals surface area contributed by atoms with Crippen LogP contribution >= 0.6 is 0 Å². The van der Waals surface area contributed by atoms with Crippen LogP contribution in [-0.4, -0.2) is 40.4 Å². The molecule has 3 aliphatic heterocycles. The fraction of sp³-hybridized carbons (Fsp3) is 0.571. The maximum absolute atomic E-state index is 12.6. The van der Waals surface area contributed by atoms with Gasteiger partial charge in [0, 0.05) is 12.1 Å². The zero-order valence-electron chi connectivity index (χ0n) is 12.6. The van der Waals surface area contributed by atoms with Crippen molar-refractivity contribution in [1.82, 2.24) is 20.6 Å². The molecule has 0 bridgehead atoms. The number of carbonyl (C=O) groups is 2. The molecule has 2 amide bonds. The highest BCUT2D eigenvalue weighted by Crippen LogP contribution is 2.38. The smallest absolute Gasteiger partial charge is 0.274 e. The van der Waals surface area contributed by atoms with E-state index in [2.05, 4.69) is 12.2 Å². The number of nitrogens with zero attached hydrogens (tertiary/aromatic N) is 2. The van der Waals surface area contributed by atoms with Crippen molar-refractivity contribution < 1.29 is 11.0 Å². The summed E-state index contributed by atoms with van der Waals surface area (Å²) in [7, 11) is 0. The van der Waals surface area contributed by atoms with Gasteiger partial charge in [0.05, 0.1) is 12.1 Å². The summed E-state index contributed by atoms with van der Waals surface area (Å²) in [6.45, 7) is 4.24. The first kappa shape index (κ1) is 10.9. The third-order valence-electron chi connectivity index (χ3n) is 4.53. The molecule has 0 spiro atoms. The van der Waals surface area contributed by atoms with Crippen molar-refractivity contribution in [2.45, 2.75) is 38.8 Å². The van der Waals surface area contributed by atoms with Crippen molar-refractivity contribution in [2.75, 3.05) is 6.54 Å². The molecule has 1 fully saturated rings. The summed E-state index contributed by atoms with van der Waals surface area (Å²) in [6, 6.07) is -0.0133. The number of carbonyl (C=O) groups excluding carboxylic acids is 2. The average Bonchev–Trinajstić information content (AvgIpc) is 3.18. The maximum atomic E-state index is 12.6. The van der Waals surface area contributed by atoms with Crippen LogP contribution in [0.3, 0.4) is 0 Å². The Labute approximate surface area is 118 Å². The van der Waals surface area contributed by atoms with Gasteiger partial charge in [0.15, 0.2) is 0 Å². The van der Waals surface area contributed by atoms with Crippen molar-refractivity contribution in [1.29, 1.82) is 0 Å². The predicted molar refractivity (Wildman–Crippen MR) is 71.6 cm³/mol. The third-order valence-corrected chi connectivity index (χ3v) is 4.53. The first-order valence-corrected chi connectivity index (χ1v) is 7.14. The first-order chi connectivity index (χ1) is 9.99. The van der Waals surface area contributed by atoms with E-state index in [0.29, 0.717) is 29.6 Å². The van der Waals surface area contributed by atoms with E-state index in [1.54, 1.807) is 11.0 Å². The molecule has 2 N–H and O–H groups in total. The monoisotopic (exact) mass is 275 g/mol. The molecule has 2 atom stereocenters. The van der Waals surface area contributed by atoms with E-state index >= 15 is 0 Å². The molecule has 1 unspecified atom stereocenters.